The molecule has 20 heavy (non-hydrogen) atoms. The lowest BCUT2D eigenvalue weighted by Crippen LogP contribution is -2.49. The van der Waals surface area contributed by atoms with Crippen LogP contribution in [0.2, 0.25) is 0 Å². The zero-order valence-corrected chi connectivity index (χ0v) is 11.6. The van der Waals surface area contributed by atoms with Crippen molar-refractivity contribution in [2.24, 2.45) is 22.2 Å². The Morgan fingerprint density at radius 1 is 1.35 bits per heavy atom. The monoisotopic (exact) mass is 286 g/mol. The van der Waals surface area contributed by atoms with Crippen LogP contribution in [0, 0.1) is 0 Å². The molecule has 0 heterocycles. The van der Waals surface area contributed by atoms with Crippen molar-refractivity contribution in [3.05, 3.63) is 12.2 Å². The highest BCUT2D eigenvalue weighted by Crippen LogP contribution is 2.15. The fraction of sp³-hybridized carbons (Fsp3) is 0.583. The molecule has 0 rings (SSSR count). The number of hydrogen-bond donors (Lipinski definition) is 4. The molecule has 0 spiro atoms. The van der Waals surface area contributed by atoms with Gasteiger partial charge in [-0.05, 0) is 19.8 Å². The summed E-state index contributed by atoms with van der Waals surface area (Å²) in [6.45, 7) is 5.13. The van der Waals surface area contributed by atoms with E-state index in [9.17, 15) is 9.59 Å². The molecule has 7 N–H and O–H groups in total. The van der Waals surface area contributed by atoms with Crippen molar-refractivity contribution in [2.45, 2.75) is 31.7 Å². The maximum Gasteiger partial charge on any atom is 0.333 e. The SMILES string of the molecule is C=C(C)C(=O)OCC[C@](N)(CCCN=C(N)N)C(=O)O. The van der Waals surface area contributed by atoms with Gasteiger partial charge in [0.15, 0.2) is 5.96 Å². The van der Waals surface area contributed by atoms with Crippen molar-refractivity contribution < 1.29 is 19.4 Å². The number of carboxylic acids is 1. The molecule has 0 aromatic carbocycles. The fourth-order valence-corrected chi connectivity index (χ4v) is 1.39. The zero-order chi connectivity index (χ0) is 15.8. The summed E-state index contributed by atoms with van der Waals surface area (Å²) in [4.78, 5) is 26.1. The molecule has 114 valence electrons. The van der Waals surface area contributed by atoms with Crippen molar-refractivity contribution in [1.29, 1.82) is 0 Å². The van der Waals surface area contributed by atoms with Crippen LogP contribution < -0.4 is 17.2 Å². The van der Waals surface area contributed by atoms with E-state index >= 15 is 0 Å². The Kier molecular flexibility index (Phi) is 7.30. The predicted molar refractivity (Wildman–Crippen MR) is 74.9 cm³/mol. The number of nitrogens with zero attached hydrogens (tertiary/aromatic N) is 1. The summed E-state index contributed by atoms with van der Waals surface area (Å²) in [7, 11) is 0. The second-order valence-electron chi connectivity index (χ2n) is 4.54. The van der Waals surface area contributed by atoms with Gasteiger partial charge in [-0.3, -0.25) is 9.79 Å². The lowest BCUT2D eigenvalue weighted by molar-refractivity contribution is -0.147. The largest absolute Gasteiger partial charge is 0.480 e. The van der Waals surface area contributed by atoms with Gasteiger partial charge in [0.2, 0.25) is 0 Å². The van der Waals surface area contributed by atoms with Gasteiger partial charge in [0.1, 0.15) is 5.54 Å². The second kappa shape index (κ2) is 8.16. The summed E-state index contributed by atoms with van der Waals surface area (Å²) in [6, 6.07) is 0. The van der Waals surface area contributed by atoms with Gasteiger partial charge in [-0.25, -0.2) is 4.79 Å². The zero-order valence-electron chi connectivity index (χ0n) is 11.6. The predicted octanol–water partition coefficient (Wildman–Crippen LogP) is -0.668. The number of rotatable bonds is 9. The number of ether oxygens (including phenoxy) is 1. The number of nitrogens with two attached hydrogens (primary N) is 3. The van der Waals surface area contributed by atoms with Crippen LogP contribution >= 0.6 is 0 Å². The van der Waals surface area contributed by atoms with Crippen molar-refractivity contribution in [1.82, 2.24) is 0 Å². The van der Waals surface area contributed by atoms with Gasteiger partial charge in [0.25, 0.3) is 0 Å². The Hall–Kier alpha value is -2.09. The maximum atomic E-state index is 11.2. The molecule has 0 aliphatic rings. The average molecular weight is 286 g/mol. The number of hydrogen-bond acceptors (Lipinski definition) is 5. The van der Waals surface area contributed by atoms with E-state index in [2.05, 4.69) is 11.6 Å². The van der Waals surface area contributed by atoms with E-state index in [-0.39, 0.29) is 31.0 Å². The third-order valence-electron chi connectivity index (χ3n) is 2.63. The third-order valence-corrected chi connectivity index (χ3v) is 2.63. The molecule has 8 heteroatoms. The van der Waals surface area contributed by atoms with Crippen LogP contribution in [0.1, 0.15) is 26.2 Å². The highest BCUT2D eigenvalue weighted by molar-refractivity contribution is 5.87. The first kappa shape index (κ1) is 17.9. The molecule has 0 aromatic heterocycles. The first-order valence-corrected chi connectivity index (χ1v) is 6.09. The van der Waals surface area contributed by atoms with E-state index in [1.54, 1.807) is 0 Å². The highest BCUT2D eigenvalue weighted by Gasteiger charge is 2.33. The molecule has 0 aliphatic carbocycles. The van der Waals surface area contributed by atoms with Crippen molar-refractivity contribution >= 4 is 17.9 Å². The molecule has 0 saturated heterocycles. The summed E-state index contributed by atoms with van der Waals surface area (Å²) < 4.78 is 4.84. The molecule has 1 atom stereocenters. The van der Waals surface area contributed by atoms with Crippen molar-refractivity contribution in [2.75, 3.05) is 13.2 Å². The summed E-state index contributed by atoms with van der Waals surface area (Å²) in [6.07, 6.45) is 0.585. The molecule has 0 aliphatic heterocycles. The molecule has 0 fully saturated rings. The normalized spacial score (nSPS) is 13.1. The van der Waals surface area contributed by atoms with Gasteiger partial charge >= 0.3 is 11.9 Å². The molecule has 0 unspecified atom stereocenters. The summed E-state index contributed by atoms with van der Waals surface area (Å²) in [5.74, 6) is -1.79. The van der Waals surface area contributed by atoms with Gasteiger partial charge in [-0.1, -0.05) is 6.58 Å². The summed E-state index contributed by atoms with van der Waals surface area (Å²) in [5, 5.41) is 9.15. The molecular weight excluding hydrogens is 264 g/mol. The van der Waals surface area contributed by atoms with Crippen molar-refractivity contribution in [3.63, 3.8) is 0 Å². The minimum absolute atomic E-state index is 0.00315. The third kappa shape index (κ3) is 6.74. The van der Waals surface area contributed by atoms with Crippen LogP contribution in [-0.2, 0) is 14.3 Å². The van der Waals surface area contributed by atoms with E-state index < -0.39 is 17.5 Å². The van der Waals surface area contributed by atoms with E-state index in [0.717, 1.165) is 0 Å². The van der Waals surface area contributed by atoms with Crippen LogP contribution in [0.4, 0.5) is 0 Å². The molecule has 0 aromatic rings. The summed E-state index contributed by atoms with van der Waals surface area (Å²) >= 11 is 0. The van der Waals surface area contributed by atoms with Crippen LogP contribution in [0.25, 0.3) is 0 Å². The van der Waals surface area contributed by atoms with Crippen LogP contribution in [0.15, 0.2) is 17.1 Å². The number of aliphatic carboxylic acids is 1. The number of esters is 1. The number of carbonyl (C=O) groups is 2. The van der Waals surface area contributed by atoms with E-state index in [1.165, 1.54) is 6.92 Å². The number of aliphatic imine (C=N–C) groups is 1. The lowest BCUT2D eigenvalue weighted by Gasteiger charge is -2.24. The van der Waals surface area contributed by atoms with Crippen LogP contribution in [-0.4, -0.2) is 41.7 Å². The molecular formula is C12H22N4O4. The number of guanidine groups is 1. The quantitative estimate of drug-likeness (QED) is 0.144. The minimum Gasteiger partial charge on any atom is -0.480 e. The first-order valence-electron chi connectivity index (χ1n) is 6.09. The Morgan fingerprint density at radius 2 is 1.95 bits per heavy atom. The van der Waals surface area contributed by atoms with E-state index in [0.29, 0.717) is 13.0 Å². The number of carboxylic acid groups (broad SMARTS) is 1. The van der Waals surface area contributed by atoms with E-state index in [1.807, 2.05) is 0 Å². The van der Waals surface area contributed by atoms with Gasteiger partial charge in [-0.15, -0.1) is 0 Å². The maximum absolute atomic E-state index is 11.2. The molecule has 8 nitrogen and oxygen atoms in total. The Bertz CT molecular complexity index is 404. The Balaban J connectivity index is 4.32. The van der Waals surface area contributed by atoms with Gasteiger partial charge < -0.3 is 27.0 Å². The molecule has 0 amide bonds. The van der Waals surface area contributed by atoms with Gasteiger partial charge in [0.05, 0.1) is 6.61 Å². The number of carbonyl (C=O) groups excluding carboxylic acids is 1. The van der Waals surface area contributed by atoms with Crippen molar-refractivity contribution in [3.8, 4) is 0 Å². The summed E-state index contributed by atoms with van der Waals surface area (Å²) in [5.41, 5.74) is 14.9. The van der Waals surface area contributed by atoms with Gasteiger partial charge in [0, 0.05) is 18.5 Å². The van der Waals surface area contributed by atoms with Crippen LogP contribution in [0.3, 0.4) is 0 Å². The highest BCUT2D eigenvalue weighted by atomic mass is 16.5. The topological polar surface area (TPSA) is 154 Å². The van der Waals surface area contributed by atoms with E-state index in [4.69, 9.17) is 27.0 Å². The standard InChI is InChI=1S/C12H22N4O4/c1-8(2)9(17)20-7-5-12(15,10(18)19)4-3-6-16-11(13)14/h1,3-7,15H2,2H3,(H,18,19)(H4,13,14,16)/t12-/m1/s1. The average Bonchev–Trinajstić information content (AvgIpc) is 2.34. The fourth-order valence-electron chi connectivity index (χ4n) is 1.39. The Labute approximate surface area is 117 Å². The first-order chi connectivity index (χ1) is 9.19. The molecule has 0 radical (unpaired) electrons. The minimum atomic E-state index is -1.48. The molecule has 0 saturated carbocycles. The van der Waals surface area contributed by atoms with Gasteiger partial charge in [-0.2, -0.15) is 0 Å². The second-order valence-corrected chi connectivity index (χ2v) is 4.54. The van der Waals surface area contributed by atoms with Crippen LogP contribution in [0.5, 0.6) is 0 Å². The molecule has 0 bridgehead atoms. The Morgan fingerprint density at radius 3 is 2.40 bits per heavy atom. The smallest absolute Gasteiger partial charge is 0.333 e. The lowest BCUT2D eigenvalue weighted by atomic mass is 9.91.